The lowest BCUT2D eigenvalue weighted by atomic mass is 10.3. The first-order valence-electron chi connectivity index (χ1n) is 8.02. The SMILES string of the molecule is O=C(CC1CC1)NCCOc1ccc(Oc2ccccc2)cc1. The van der Waals surface area contributed by atoms with E-state index in [1.54, 1.807) is 0 Å². The van der Waals surface area contributed by atoms with Crippen LogP contribution < -0.4 is 14.8 Å². The second-order valence-electron chi connectivity index (χ2n) is 5.73. The van der Waals surface area contributed by atoms with Gasteiger partial charge in [0.25, 0.3) is 0 Å². The summed E-state index contributed by atoms with van der Waals surface area (Å²) in [7, 11) is 0. The molecule has 1 N–H and O–H groups in total. The van der Waals surface area contributed by atoms with Gasteiger partial charge in [-0.1, -0.05) is 18.2 Å². The molecule has 1 fully saturated rings. The molecule has 1 saturated carbocycles. The average Bonchev–Trinajstić information content (AvgIpc) is 3.38. The highest BCUT2D eigenvalue weighted by Gasteiger charge is 2.23. The Kier molecular flexibility index (Phi) is 5.14. The van der Waals surface area contributed by atoms with Crippen LogP contribution in [0.3, 0.4) is 0 Å². The number of rotatable bonds is 8. The van der Waals surface area contributed by atoms with Gasteiger partial charge in [-0.25, -0.2) is 0 Å². The van der Waals surface area contributed by atoms with Crippen LogP contribution in [-0.2, 0) is 4.79 Å². The summed E-state index contributed by atoms with van der Waals surface area (Å²) in [6.07, 6.45) is 3.05. The van der Waals surface area contributed by atoms with Crippen molar-refractivity contribution < 1.29 is 14.3 Å². The molecule has 4 heteroatoms. The Morgan fingerprint density at radius 1 is 0.957 bits per heavy atom. The van der Waals surface area contributed by atoms with Gasteiger partial charge in [0.05, 0.1) is 6.54 Å². The van der Waals surface area contributed by atoms with Crippen LogP contribution in [0.4, 0.5) is 0 Å². The monoisotopic (exact) mass is 311 g/mol. The van der Waals surface area contributed by atoms with Gasteiger partial charge in [-0.05, 0) is 55.2 Å². The largest absolute Gasteiger partial charge is 0.492 e. The van der Waals surface area contributed by atoms with Crippen LogP contribution in [0.2, 0.25) is 0 Å². The number of carbonyl (C=O) groups excluding carboxylic acids is 1. The maximum absolute atomic E-state index is 11.5. The van der Waals surface area contributed by atoms with Gasteiger partial charge < -0.3 is 14.8 Å². The summed E-state index contributed by atoms with van der Waals surface area (Å²) in [4.78, 5) is 11.5. The molecule has 1 amide bonds. The number of hydrogen-bond donors (Lipinski definition) is 1. The second-order valence-corrected chi connectivity index (χ2v) is 5.73. The molecule has 0 radical (unpaired) electrons. The van der Waals surface area contributed by atoms with Gasteiger partial charge >= 0.3 is 0 Å². The number of nitrogens with one attached hydrogen (secondary N) is 1. The van der Waals surface area contributed by atoms with E-state index < -0.39 is 0 Å². The fourth-order valence-corrected chi connectivity index (χ4v) is 2.24. The average molecular weight is 311 g/mol. The standard InChI is InChI=1S/C19H21NO3/c21-19(14-15-6-7-15)20-12-13-22-16-8-10-18(11-9-16)23-17-4-2-1-3-5-17/h1-5,8-11,15H,6-7,12-14H2,(H,20,21). The highest BCUT2D eigenvalue weighted by atomic mass is 16.5. The van der Waals surface area contributed by atoms with Gasteiger partial charge in [-0.15, -0.1) is 0 Å². The molecule has 3 rings (SSSR count). The van der Waals surface area contributed by atoms with E-state index in [4.69, 9.17) is 9.47 Å². The van der Waals surface area contributed by atoms with Gasteiger partial charge in [0, 0.05) is 6.42 Å². The summed E-state index contributed by atoms with van der Waals surface area (Å²) in [5.74, 6) is 3.08. The lowest BCUT2D eigenvalue weighted by molar-refractivity contribution is -0.121. The van der Waals surface area contributed by atoms with E-state index in [9.17, 15) is 4.79 Å². The van der Waals surface area contributed by atoms with Crippen LogP contribution in [0.15, 0.2) is 54.6 Å². The van der Waals surface area contributed by atoms with Crippen molar-refractivity contribution in [1.29, 1.82) is 0 Å². The van der Waals surface area contributed by atoms with E-state index >= 15 is 0 Å². The van der Waals surface area contributed by atoms with Crippen molar-refractivity contribution >= 4 is 5.91 Å². The summed E-state index contributed by atoms with van der Waals surface area (Å²) in [5.41, 5.74) is 0. The lowest BCUT2D eigenvalue weighted by Crippen LogP contribution is -2.28. The third-order valence-corrected chi connectivity index (χ3v) is 3.67. The minimum Gasteiger partial charge on any atom is -0.492 e. The van der Waals surface area contributed by atoms with Crippen LogP contribution in [0.1, 0.15) is 19.3 Å². The van der Waals surface area contributed by atoms with Crippen molar-refractivity contribution in [3.63, 3.8) is 0 Å². The molecule has 0 saturated heterocycles. The number of ether oxygens (including phenoxy) is 2. The number of benzene rings is 2. The van der Waals surface area contributed by atoms with Crippen molar-refractivity contribution in [2.45, 2.75) is 19.3 Å². The third-order valence-electron chi connectivity index (χ3n) is 3.67. The molecule has 2 aromatic rings. The van der Waals surface area contributed by atoms with E-state index in [2.05, 4.69) is 5.32 Å². The van der Waals surface area contributed by atoms with Crippen molar-refractivity contribution in [3.8, 4) is 17.2 Å². The van der Waals surface area contributed by atoms with Crippen LogP contribution in [0.25, 0.3) is 0 Å². The molecular formula is C19H21NO3. The molecule has 0 aromatic heterocycles. The number of amides is 1. The summed E-state index contributed by atoms with van der Waals surface area (Å²) in [5, 5.41) is 2.88. The molecule has 0 unspecified atom stereocenters. The third kappa shape index (κ3) is 5.33. The minimum atomic E-state index is 0.128. The van der Waals surface area contributed by atoms with Gasteiger partial charge in [0.1, 0.15) is 23.9 Å². The second kappa shape index (κ2) is 7.68. The Morgan fingerprint density at radius 2 is 1.61 bits per heavy atom. The number of hydrogen-bond acceptors (Lipinski definition) is 3. The Morgan fingerprint density at radius 3 is 2.30 bits per heavy atom. The molecule has 0 spiro atoms. The van der Waals surface area contributed by atoms with E-state index in [-0.39, 0.29) is 5.91 Å². The smallest absolute Gasteiger partial charge is 0.220 e. The predicted molar refractivity (Wildman–Crippen MR) is 88.8 cm³/mol. The first-order valence-corrected chi connectivity index (χ1v) is 8.02. The molecule has 1 aliphatic carbocycles. The van der Waals surface area contributed by atoms with Crippen LogP contribution in [0.5, 0.6) is 17.2 Å². The van der Waals surface area contributed by atoms with Crippen molar-refractivity contribution in [2.75, 3.05) is 13.2 Å². The Hall–Kier alpha value is -2.49. The topological polar surface area (TPSA) is 47.6 Å². The molecule has 2 aromatic carbocycles. The minimum absolute atomic E-state index is 0.128. The summed E-state index contributed by atoms with van der Waals surface area (Å²) >= 11 is 0. The molecule has 0 atom stereocenters. The normalized spacial score (nSPS) is 13.4. The molecule has 0 bridgehead atoms. The molecule has 4 nitrogen and oxygen atoms in total. The molecular weight excluding hydrogens is 290 g/mol. The maximum atomic E-state index is 11.5. The summed E-state index contributed by atoms with van der Waals surface area (Å²) < 4.78 is 11.3. The van der Waals surface area contributed by atoms with Crippen LogP contribution >= 0.6 is 0 Å². The summed E-state index contributed by atoms with van der Waals surface area (Å²) in [6.45, 7) is 1.00. The molecule has 0 aliphatic heterocycles. The lowest BCUT2D eigenvalue weighted by Gasteiger charge is -2.09. The van der Waals surface area contributed by atoms with Gasteiger partial charge in [0.15, 0.2) is 0 Å². The predicted octanol–water partition coefficient (Wildman–Crippen LogP) is 3.77. The fraction of sp³-hybridized carbons (Fsp3) is 0.316. The highest BCUT2D eigenvalue weighted by molar-refractivity contribution is 5.76. The van der Waals surface area contributed by atoms with Gasteiger partial charge in [-0.2, -0.15) is 0 Å². The first-order chi connectivity index (χ1) is 11.3. The Balaban J connectivity index is 1.38. The zero-order valence-electron chi connectivity index (χ0n) is 13.0. The van der Waals surface area contributed by atoms with Crippen LogP contribution in [0, 0.1) is 5.92 Å². The quantitative estimate of drug-likeness (QED) is 0.755. The highest BCUT2D eigenvalue weighted by Crippen LogP contribution is 2.32. The first kappa shape index (κ1) is 15.4. The Labute approximate surface area is 136 Å². The molecule has 0 heterocycles. The van der Waals surface area contributed by atoms with Crippen molar-refractivity contribution in [1.82, 2.24) is 5.32 Å². The zero-order valence-corrected chi connectivity index (χ0v) is 13.0. The molecule has 23 heavy (non-hydrogen) atoms. The molecule has 120 valence electrons. The van der Waals surface area contributed by atoms with Crippen molar-refractivity contribution in [2.24, 2.45) is 5.92 Å². The Bertz CT molecular complexity index is 621. The van der Waals surface area contributed by atoms with E-state index in [0.717, 1.165) is 17.2 Å². The van der Waals surface area contributed by atoms with E-state index in [1.807, 2.05) is 54.6 Å². The van der Waals surface area contributed by atoms with Gasteiger partial charge in [0.2, 0.25) is 5.91 Å². The van der Waals surface area contributed by atoms with E-state index in [0.29, 0.717) is 25.5 Å². The number of carbonyl (C=O) groups is 1. The molecule has 1 aliphatic rings. The van der Waals surface area contributed by atoms with E-state index in [1.165, 1.54) is 12.8 Å². The zero-order chi connectivity index (χ0) is 15.9. The van der Waals surface area contributed by atoms with Crippen LogP contribution in [-0.4, -0.2) is 19.1 Å². The number of para-hydroxylation sites is 1. The fourth-order valence-electron chi connectivity index (χ4n) is 2.24. The van der Waals surface area contributed by atoms with Crippen molar-refractivity contribution in [3.05, 3.63) is 54.6 Å². The summed E-state index contributed by atoms with van der Waals surface area (Å²) in [6, 6.07) is 17.1. The maximum Gasteiger partial charge on any atom is 0.220 e. The van der Waals surface area contributed by atoms with Gasteiger partial charge in [-0.3, -0.25) is 4.79 Å².